The molecular formula is C27H26F3N3O2. The number of anilines is 1. The van der Waals surface area contributed by atoms with Crippen LogP contribution in [0.3, 0.4) is 0 Å². The third-order valence-corrected chi connectivity index (χ3v) is 5.92. The van der Waals surface area contributed by atoms with Crippen molar-refractivity contribution in [3.05, 3.63) is 89.0 Å². The van der Waals surface area contributed by atoms with Crippen LogP contribution in [0.2, 0.25) is 0 Å². The Morgan fingerprint density at radius 3 is 2.31 bits per heavy atom. The Kier molecular flexibility index (Phi) is 6.93. The van der Waals surface area contributed by atoms with E-state index >= 15 is 0 Å². The first-order valence-corrected chi connectivity index (χ1v) is 11.2. The number of halogens is 3. The summed E-state index contributed by atoms with van der Waals surface area (Å²) in [6.07, 6.45) is -3.00. The molecule has 1 aliphatic carbocycles. The van der Waals surface area contributed by atoms with Gasteiger partial charge in [0.25, 0.3) is 5.91 Å². The number of fused-ring (bicyclic) bond motifs is 1. The van der Waals surface area contributed by atoms with Gasteiger partial charge in [0, 0.05) is 17.3 Å². The number of carbonyl (C=O) groups excluding carboxylic acids is 2. The Morgan fingerprint density at radius 2 is 1.63 bits per heavy atom. The Balaban J connectivity index is 1.48. The van der Waals surface area contributed by atoms with Crippen LogP contribution >= 0.6 is 0 Å². The highest BCUT2D eigenvalue weighted by Gasteiger charge is 2.30. The molecule has 0 aliphatic heterocycles. The summed E-state index contributed by atoms with van der Waals surface area (Å²) in [5.41, 5.74) is 3.50. The molecule has 1 aliphatic rings. The molecule has 3 aromatic rings. The zero-order valence-corrected chi connectivity index (χ0v) is 19.4. The van der Waals surface area contributed by atoms with Gasteiger partial charge < -0.3 is 15.5 Å². The third-order valence-electron chi connectivity index (χ3n) is 5.92. The molecule has 4 rings (SSSR count). The number of benzene rings is 3. The van der Waals surface area contributed by atoms with Crippen LogP contribution in [0.25, 0.3) is 11.1 Å². The first-order valence-electron chi connectivity index (χ1n) is 11.2. The highest BCUT2D eigenvalue weighted by molar-refractivity contribution is 6.08. The molecule has 1 unspecified atom stereocenters. The van der Waals surface area contributed by atoms with Crippen LogP contribution in [0.5, 0.6) is 0 Å². The van der Waals surface area contributed by atoms with E-state index in [0.29, 0.717) is 35.3 Å². The summed E-state index contributed by atoms with van der Waals surface area (Å²) in [4.78, 5) is 27.0. The summed E-state index contributed by atoms with van der Waals surface area (Å²) in [6.45, 7) is 0.326. The maximum atomic E-state index is 13.1. The number of hydrogen-bond donors (Lipinski definition) is 2. The predicted octanol–water partition coefficient (Wildman–Crippen LogP) is 4.77. The van der Waals surface area contributed by atoms with Crippen molar-refractivity contribution in [3.8, 4) is 11.1 Å². The second kappa shape index (κ2) is 9.92. The maximum Gasteiger partial charge on any atom is 0.416 e. The van der Waals surface area contributed by atoms with Crippen molar-refractivity contribution in [2.24, 2.45) is 0 Å². The fourth-order valence-corrected chi connectivity index (χ4v) is 4.33. The van der Waals surface area contributed by atoms with Crippen molar-refractivity contribution in [2.75, 3.05) is 26.0 Å². The van der Waals surface area contributed by atoms with Crippen molar-refractivity contribution in [3.63, 3.8) is 0 Å². The first kappa shape index (κ1) is 24.5. The summed E-state index contributed by atoms with van der Waals surface area (Å²) in [7, 11) is 3.68. The lowest BCUT2D eigenvalue weighted by molar-refractivity contribution is -0.137. The molecule has 35 heavy (non-hydrogen) atoms. The summed E-state index contributed by atoms with van der Waals surface area (Å²) < 4.78 is 38.7. The second-order valence-corrected chi connectivity index (χ2v) is 8.97. The van der Waals surface area contributed by atoms with Crippen molar-refractivity contribution in [2.45, 2.75) is 25.1 Å². The maximum absolute atomic E-state index is 13.1. The summed E-state index contributed by atoms with van der Waals surface area (Å²) >= 11 is 0. The lowest BCUT2D eigenvalue weighted by atomic mass is 9.98. The van der Waals surface area contributed by atoms with E-state index in [0.717, 1.165) is 29.7 Å². The van der Waals surface area contributed by atoms with Gasteiger partial charge in [0.1, 0.15) is 0 Å². The summed E-state index contributed by atoms with van der Waals surface area (Å²) in [6, 6.07) is 17.3. The van der Waals surface area contributed by atoms with E-state index in [1.165, 1.54) is 12.1 Å². The molecule has 0 spiro atoms. The molecule has 0 fully saturated rings. The quantitative estimate of drug-likeness (QED) is 0.533. The van der Waals surface area contributed by atoms with Crippen LogP contribution < -0.4 is 10.6 Å². The molecule has 2 N–H and O–H groups in total. The Labute approximate surface area is 202 Å². The van der Waals surface area contributed by atoms with Gasteiger partial charge in [-0.3, -0.25) is 9.59 Å². The van der Waals surface area contributed by atoms with Gasteiger partial charge in [-0.05, 0) is 79.5 Å². The Bertz CT molecular complexity index is 1240. The van der Waals surface area contributed by atoms with Gasteiger partial charge in [0.05, 0.1) is 12.1 Å². The van der Waals surface area contributed by atoms with Crippen LogP contribution in [0, 0.1) is 0 Å². The summed E-state index contributed by atoms with van der Waals surface area (Å²) in [5.74, 6) is -0.379. The number of nitrogens with zero attached hydrogens (tertiary/aromatic N) is 1. The molecule has 182 valence electrons. The molecule has 2 amide bonds. The number of rotatable bonds is 6. The lowest BCUT2D eigenvalue weighted by Gasteiger charge is -2.14. The normalized spacial score (nSPS) is 15.1. The van der Waals surface area contributed by atoms with E-state index in [1.807, 2.05) is 37.2 Å². The van der Waals surface area contributed by atoms with E-state index in [2.05, 4.69) is 10.6 Å². The molecular weight excluding hydrogens is 455 g/mol. The molecule has 0 saturated carbocycles. The van der Waals surface area contributed by atoms with Gasteiger partial charge in [0.2, 0.25) is 5.91 Å². The van der Waals surface area contributed by atoms with Gasteiger partial charge in [-0.2, -0.15) is 13.2 Å². The van der Waals surface area contributed by atoms with Crippen LogP contribution in [-0.4, -0.2) is 43.4 Å². The molecule has 0 bridgehead atoms. The molecule has 0 heterocycles. The first-order chi connectivity index (χ1) is 16.6. The molecule has 1 atom stereocenters. The molecule has 5 nitrogen and oxygen atoms in total. The van der Waals surface area contributed by atoms with Gasteiger partial charge in [-0.25, -0.2) is 0 Å². The average Bonchev–Trinajstić information content (AvgIpc) is 3.19. The highest BCUT2D eigenvalue weighted by Crippen LogP contribution is 2.32. The predicted molar refractivity (Wildman–Crippen MR) is 129 cm³/mol. The number of carbonyl (C=O) groups is 2. The van der Waals surface area contributed by atoms with Crippen molar-refractivity contribution < 1.29 is 22.8 Å². The van der Waals surface area contributed by atoms with E-state index in [9.17, 15) is 22.8 Å². The van der Waals surface area contributed by atoms with E-state index in [-0.39, 0.29) is 17.9 Å². The van der Waals surface area contributed by atoms with Gasteiger partial charge in [-0.1, -0.05) is 36.4 Å². The summed E-state index contributed by atoms with van der Waals surface area (Å²) in [5, 5.41) is 5.95. The average molecular weight is 482 g/mol. The topological polar surface area (TPSA) is 61.4 Å². The highest BCUT2D eigenvalue weighted by atomic mass is 19.4. The number of hydrogen-bond acceptors (Lipinski definition) is 3. The minimum Gasteiger partial charge on any atom is -0.352 e. The third kappa shape index (κ3) is 5.89. The lowest BCUT2D eigenvalue weighted by Crippen LogP contribution is -2.40. The monoisotopic (exact) mass is 481 g/mol. The standard InChI is InChI=1S/C27H26F3N3O2/c1-33(2)16-25(34)31-22-13-18-9-12-21(14-19(18)15-22)32-26(35)24-6-4-3-5-23(24)17-7-10-20(11-8-17)27(28,29)30/h3-12,14,22H,13,15-16H2,1-2H3,(H,31,34)(H,32,35). The zero-order chi connectivity index (χ0) is 25.2. The molecule has 0 aromatic heterocycles. The van der Waals surface area contributed by atoms with Gasteiger partial charge >= 0.3 is 6.18 Å². The molecule has 3 aromatic carbocycles. The van der Waals surface area contributed by atoms with Crippen LogP contribution in [0.15, 0.2) is 66.7 Å². The largest absolute Gasteiger partial charge is 0.416 e. The number of alkyl halides is 3. The van der Waals surface area contributed by atoms with Crippen LogP contribution in [-0.2, 0) is 23.8 Å². The fourth-order valence-electron chi connectivity index (χ4n) is 4.33. The van der Waals surface area contributed by atoms with E-state index < -0.39 is 11.7 Å². The van der Waals surface area contributed by atoms with Crippen LogP contribution in [0.4, 0.5) is 18.9 Å². The van der Waals surface area contributed by atoms with Gasteiger partial charge in [0.15, 0.2) is 0 Å². The molecule has 0 saturated heterocycles. The van der Waals surface area contributed by atoms with E-state index in [4.69, 9.17) is 0 Å². The SMILES string of the molecule is CN(C)CC(=O)NC1Cc2ccc(NC(=O)c3ccccc3-c3ccc(C(F)(F)F)cc3)cc2C1. The van der Waals surface area contributed by atoms with E-state index in [1.54, 1.807) is 24.3 Å². The molecule has 0 radical (unpaired) electrons. The Hall–Kier alpha value is -3.65. The minimum atomic E-state index is -4.42. The second-order valence-electron chi connectivity index (χ2n) is 8.97. The molecule has 8 heteroatoms. The zero-order valence-electron chi connectivity index (χ0n) is 19.4. The number of nitrogens with one attached hydrogen (secondary N) is 2. The smallest absolute Gasteiger partial charge is 0.352 e. The number of likely N-dealkylation sites (N-methyl/N-ethyl adjacent to an activating group) is 1. The van der Waals surface area contributed by atoms with Gasteiger partial charge in [-0.15, -0.1) is 0 Å². The van der Waals surface area contributed by atoms with Crippen molar-refractivity contribution in [1.29, 1.82) is 0 Å². The fraction of sp³-hybridized carbons (Fsp3) is 0.259. The van der Waals surface area contributed by atoms with Crippen LogP contribution in [0.1, 0.15) is 27.0 Å². The van der Waals surface area contributed by atoms with Crippen molar-refractivity contribution in [1.82, 2.24) is 10.2 Å². The number of amides is 2. The Morgan fingerprint density at radius 1 is 0.943 bits per heavy atom. The minimum absolute atomic E-state index is 0.0174. The van der Waals surface area contributed by atoms with Crippen molar-refractivity contribution >= 4 is 17.5 Å².